The number of fused-ring (bicyclic) bond motifs is 1. The van der Waals surface area contributed by atoms with Gasteiger partial charge in [0.1, 0.15) is 11.3 Å². The Morgan fingerprint density at radius 2 is 2.32 bits per heavy atom. The number of rotatable bonds is 4. The molecule has 0 radical (unpaired) electrons. The van der Waals surface area contributed by atoms with Gasteiger partial charge in [-0.1, -0.05) is 0 Å². The second-order valence-corrected chi connectivity index (χ2v) is 5.31. The van der Waals surface area contributed by atoms with Crippen LogP contribution < -0.4 is 15.6 Å². The maximum Gasteiger partial charge on any atom is 0.261 e. The normalized spacial score (nSPS) is 17.6. The smallest absolute Gasteiger partial charge is 0.261 e. The predicted molar refractivity (Wildman–Crippen MR) is 82.4 cm³/mol. The predicted octanol–water partition coefficient (Wildman–Crippen LogP) is 1.45. The fourth-order valence-corrected chi connectivity index (χ4v) is 2.59. The first-order chi connectivity index (χ1) is 10.7. The number of aromatic nitrogens is 1. The molecule has 1 aliphatic rings. The highest BCUT2D eigenvalue weighted by Crippen LogP contribution is 2.18. The van der Waals surface area contributed by atoms with E-state index in [9.17, 15) is 9.59 Å². The monoisotopic (exact) mass is 302 g/mol. The summed E-state index contributed by atoms with van der Waals surface area (Å²) in [6, 6.07) is 6.88. The number of benzene rings is 1. The number of hydrogen-bond acceptors (Lipinski definition) is 4. The summed E-state index contributed by atoms with van der Waals surface area (Å²) >= 11 is 0. The molecule has 22 heavy (non-hydrogen) atoms. The first kappa shape index (κ1) is 14.6. The van der Waals surface area contributed by atoms with Crippen LogP contribution in [0.3, 0.4) is 0 Å². The molecule has 0 saturated carbocycles. The summed E-state index contributed by atoms with van der Waals surface area (Å²) in [5, 5.41) is 3.51. The number of aromatic amines is 1. The molecule has 1 aliphatic heterocycles. The minimum absolute atomic E-state index is 0.0450. The van der Waals surface area contributed by atoms with Gasteiger partial charge in [-0.3, -0.25) is 9.59 Å². The largest absolute Gasteiger partial charge is 0.497 e. The van der Waals surface area contributed by atoms with Crippen LogP contribution in [0.4, 0.5) is 0 Å². The van der Waals surface area contributed by atoms with Gasteiger partial charge in [0, 0.05) is 24.1 Å². The fourth-order valence-electron chi connectivity index (χ4n) is 2.59. The first-order valence-electron chi connectivity index (χ1n) is 7.28. The number of hydrogen-bond donors (Lipinski definition) is 2. The summed E-state index contributed by atoms with van der Waals surface area (Å²) in [7, 11) is 1.57. The van der Waals surface area contributed by atoms with E-state index in [2.05, 4.69) is 10.3 Å². The number of carbonyl (C=O) groups excluding carboxylic acids is 1. The number of ether oxygens (including phenoxy) is 2. The molecule has 116 valence electrons. The van der Waals surface area contributed by atoms with Gasteiger partial charge in [-0.2, -0.15) is 0 Å². The zero-order valence-corrected chi connectivity index (χ0v) is 12.3. The van der Waals surface area contributed by atoms with Gasteiger partial charge in [0.15, 0.2) is 0 Å². The Balaban J connectivity index is 1.83. The van der Waals surface area contributed by atoms with Crippen molar-refractivity contribution >= 4 is 16.8 Å². The lowest BCUT2D eigenvalue weighted by Gasteiger charge is -2.11. The third kappa shape index (κ3) is 2.96. The summed E-state index contributed by atoms with van der Waals surface area (Å²) in [5.41, 5.74) is 0.364. The van der Waals surface area contributed by atoms with Crippen molar-refractivity contribution in [2.24, 2.45) is 0 Å². The van der Waals surface area contributed by atoms with Gasteiger partial charge in [-0.15, -0.1) is 0 Å². The summed E-state index contributed by atoms with van der Waals surface area (Å²) < 4.78 is 10.6. The fraction of sp³-hybridized carbons (Fsp3) is 0.375. The Morgan fingerprint density at radius 3 is 3.05 bits per heavy atom. The Morgan fingerprint density at radius 1 is 1.45 bits per heavy atom. The molecule has 0 spiro atoms. The van der Waals surface area contributed by atoms with Crippen LogP contribution in [-0.2, 0) is 4.74 Å². The topological polar surface area (TPSA) is 80.4 Å². The minimum Gasteiger partial charge on any atom is -0.497 e. The number of amides is 1. The van der Waals surface area contributed by atoms with Crippen molar-refractivity contribution < 1.29 is 14.3 Å². The van der Waals surface area contributed by atoms with Crippen LogP contribution in [0.5, 0.6) is 5.75 Å². The molecule has 0 unspecified atom stereocenters. The van der Waals surface area contributed by atoms with Gasteiger partial charge in [0.2, 0.25) is 0 Å². The molecule has 0 bridgehead atoms. The molecule has 1 amide bonds. The minimum atomic E-state index is -0.400. The molecule has 2 heterocycles. The van der Waals surface area contributed by atoms with Crippen molar-refractivity contribution in [2.45, 2.75) is 18.9 Å². The van der Waals surface area contributed by atoms with E-state index >= 15 is 0 Å². The molecule has 0 aliphatic carbocycles. The molecule has 2 N–H and O–H groups in total. The van der Waals surface area contributed by atoms with Crippen LogP contribution in [-0.4, -0.2) is 37.3 Å². The van der Waals surface area contributed by atoms with Crippen LogP contribution in [0, 0.1) is 0 Å². The van der Waals surface area contributed by atoms with E-state index in [0.29, 0.717) is 17.8 Å². The van der Waals surface area contributed by atoms with Gasteiger partial charge < -0.3 is 19.8 Å². The SMILES string of the molecule is COc1ccc2[nH]c(=O)c(C(=O)NC[C@@H]3CCCO3)cc2c1. The number of methoxy groups -OCH3 is 1. The molecule has 1 aromatic heterocycles. The highest BCUT2D eigenvalue weighted by Gasteiger charge is 2.18. The highest BCUT2D eigenvalue weighted by molar-refractivity contribution is 5.97. The number of H-pyrrole nitrogens is 1. The Labute approximate surface area is 127 Å². The zero-order chi connectivity index (χ0) is 15.5. The van der Waals surface area contributed by atoms with E-state index in [1.165, 1.54) is 0 Å². The standard InChI is InChI=1S/C16H18N2O4/c1-21-11-4-5-14-10(7-11)8-13(16(20)18-14)15(19)17-9-12-3-2-6-22-12/h4-5,7-8,12H,2-3,6,9H2,1H3,(H,17,19)(H,18,20)/t12-/m0/s1. The van der Waals surface area contributed by atoms with Gasteiger partial charge in [0.25, 0.3) is 11.5 Å². The van der Waals surface area contributed by atoms with Crippen molar-refractivity contribution in [1.82, 2.24) is 10.3 Å². The number of nitrogens with one attached hydrogen (secondary N) is 2. The van der Waals surface area contributed by atoms with Crippen molar-refractivity contribution in [3.63, 3.8) is 0 Å². The molecule has 2 aromatic rings. The zero-order valence-electron chi connectivity index (χ0n) is 12.3. The van der Waals surface area contributed by atoms with E-state index in [1.807, 2.05) is 0 Å². The van der Waals surface area contributed by atoms with Crippen molar-refractivity contribution in [3.05, 3.63) is 40.2 Å². The number of carbonyl (C=O) groups is 1. The lowest BCUT2D eigenvalue weighted by atomic mass is 10.1. The molecule has 6 heteroatoms. The third-order valence-electron chi connectivity index (χ3n) is 3.81. The lowest BCUT2D eigenvalue weighted by Crippen LogP contribution is -2.34. The molecule has 6 nitrogen and oxygen atoms in total. The average molecular weight is 302 g/mol. The first-order valence-corrected chi connectivity index (χ1v) is 7.28. The summed E-state index contributed by atoms with van der Waals surface area (Å²) in [4.78, 5) is 27.0. The van der Waals surface area contributed by atoms with Crippen LogP contribution in [0.15, 0.2) is 29.1 Å². The quantitative estimate of drug-likeness (QED) is 0.895. The molecular formula is C16H18N2O4. The van der Waals surface area contributed by atoms with E-state index in [-0.39, 0.29) is 17.6 Å². The second-order valence-electron chi connectivity index (χ2n) is 5.31. The van der Waals surface area contributed by atoms with Crippen molar-refractivity contribution in [1.29, 1.82) is 0 Å². The van der Waals surface area contributed by atoms with E-state index in [0.717, 1.165) is 24.8 Å². The van der Waals surface area contributed by atoms with Gasteiger partial charge in [-0.05, 0) is 37.1 Å². The lowest BCUT2D eigenvalue weighted by molar-refractivity contribution is 0.0856. The molecule has 3 rings (SSSR count). The molecule has 1 atom stereocenters. The molecule has 1 saturated heterocycles. The Bertz CT molecular complexity index is 747. The summed E-state index contributed by atoms with van der Waals surface area (Å²) in [5.74, 6) is 0.284. The Hall–Kier alpha value is -2.34. The Kier molecular flexibility index (Phi) is 4.11. The van der Waals surface area contributed by atoms with Crippen molar-refractivity contribution in [2.75, 3.05) is 20.3 Å². The van der Waals surface area contributed by atoms with Crippen LogP contribution >= 0.6 is 0 Å². The summed E-state index contributed by atoms with van der Waals surface area (Å²) in [6.45, 7) is 1.16. The maximum absolute atomic E-state index is 12.2. The number of pyridine rings is 1. The van der Waals surface area contributed by atoms with Gasteiger partial charge in [-0.25, -0.2) is 0 Å². The third-order valence-corrected chi connectivity index (χ3v) is 3.81. The molecular weight excluding hydrogens is 284 g/mol. The van der Waals surface area contributed by atoms with Crippen molar-refractivity contribution in [3.8, 4) is 5.75 Å². The molecule has 1 aromatic carbocycles. The van der Waals surface area contributed by atoms with Crippen LogP contribution in [0.1, 0.15) is 23.2 Å². The highest BCUT2D eigenvalue weighted by atomic mass is 16.5. The van der Waals surface area contributed by atoms with Gasteiger partial charge >= 0.3 is 0 Å². The summed E-state index contributed by atoms with van der Waals surface area (Å²) in [6.07, 6.45) is 1.99. The maximum atomic E-state index is 12.2. The van der Waals surface area contributed by atoms with Crippen LogP contribution in [0.25, 0.3) is 10.9 Å². The van der Waals surface area contributed by atoms with Gasteiger partial charge in [0.05, 0.1) is 13.2 Å². The second kappa shape index (κ2) is 6.19. The molecule has 1 fully saturated rings. The average Bonchev–Trinajstić information content (AvgIpc) is 3.05. The van der Waals surface area contributed by atoms with E-state index in [4.69, 9.17) is 9.47 Å². The van der Waals surface area contributed by atoms with Crippen LogP contribution in [0.2, 0.25) is 0 Å². The van der Waals surface area contributed by atoms with E-state index < -0.39 is 5.56 Å². The van der Waals surface area contributed by atoms with E-state index in [1.54, 1.807) is 31.4 Å².